The van der Waals surface area contributed by atoms with Crippen LogP contribution in [0.4, 0.5) is 5.69 Å². The number of rotatable bonds is 5. The summed E-state index contributed by atoms with van der Waals surface area (Å²) in [4.78, 5) is 11.7. The van der Waals surface area contributed by atoms with Crippen LogP contribution in [0.15, 0.2) is 24.3 Å². The Morgan fingerprint density at radius 3 is 2.63 bits per heavy atom. The first kappa shape index (κ1) is 15.3. The molecule has 0 aliphatic rings. The van der Waals surface area contributed by atoms with Crippen molar-refractivity contribution in [1.82, 2.24) is 0 Å². The summed E-state index contributed by atoms with van der Waals surface area (Å²) < 4.78 is 0. The molecule has 3 nitrogen and oxygen atoms in total. The van der Waals surface area contributed by atoms with Crippen LogP contribution in [0.25, 0.3) is 0 Å². The highest BCUT2D eigenvalue weighted by atomic mass is 16.2. The highest BCUT2D eigenvalue weighted by Crippen LogP contribution is 2.12. The molecule has 1 aromatic rings. The number of aliphatic hydroxyl groups excluding tert-OH is 1. The molecule has 0 aliphatic heterocycles. The van der Waals surface area contributed by atoms with E-state index in [1.54, 1.807) is 0 Å². The van der Waals surface area contributed by atoms with Crippen molar-refractivity contribution >= 4 is 11.6 Å². The zero-order chi connectivity index (χ0) is 14.1. The molecule has 0 fully saturated rings. The molecule has 19 heavy (non-hydrogen) atoms. The van der Waals surface area contributed by atoms with E-state index in [1.165, 1.54) is 0 Å². The molecule has 1 amide bonds. The summed E-state index contributed by atoms with van der Waals surface area (Å²) in [5.41, 5.74) is 1.68. The number of hydrogen-bond acceptors (Lipinski definition) is 2. The van der Waals surface area contributed by atoms with Gasteiger partial charge in [0.1, 0.15) is 0 Å². The zero-order valence-electron chi connectivity index (χ0n) is 11.6. The first-order chi connectivity index (χ1) is 9.15. The van der Waals surface area contributed by atoms with Gasteiger partial charge >= 0.3 is 0 Å². The molecule has 102 valence electrons. The van der Waals surface area contributed by atoms with Crippen molar-refractivity contribution in [2.75, 3.05) is 11.9 Å². The van der Waals surface area contributed by atoms with Gasteiger partial charge in [0.2, 0.25) is 5.91 Å². The third-order valence-corrected chi connectivity index (χ3v) is 2.87. The quantitative estimate of drug-likeness (QED) is 0.799. The van der Waals surface area contributed by atoms with Crippen LogP contribution >= 0.6 is 0 Å². The molecule has 1 rings (SSSR count). The summed E-state index contributed by atoms with van der Waals surface area (Å²) in [5, 5.41) is 11.5. The van der Waals surface area contributed by atoms with Gasteiger partial charge in [0.15, 0.2) is 0 Å². The van der Waals surface area contributed by atoms with Gasteiger partial charge in [-0.25, -0.2) is 0 Å². The topological polar surface area (TPSA) is 49.3 Å². The van der Waals surface area contributed by atoms with Crippen LogP contribution in [0.3, 0.4) is 0 Å². The van der Waals surface area contributed by atoms with Gasteiger partial charge in [0.05, 0.1) is 6.61 Å². The highest BCUT2D eigenvalue weighted by Gasteiger charge is 2.07. The smallest absolute Gasteiger partial charge is 0.224 e. The molecule has 1 unspecified atom stereocenters. The standard InChI is InChI=1S/C16H21NO2/c1-3-13(2)12-16(19)17-15-9-7-14(8-10-15)6-4-5-11-18/h7-10,13,18H,3,5,11-12H2,1-2H3,(H,17,19). The Hall–Kier alpha value is -1.79. The summed E-state index contributed by atoms with van der Waals surface area (Å²) in [7, 11) is 0. The Bertz CT molecular complexity index is 454. The van der Waals surface area contributed by atoms with Crippen molar-refractivity contribution in [2.45, 2.75) is 33.1 Å². The van der Waals surface area contributed by atoms with E-state index in [4.69, 9.17) is 5.11 Å². The second kappa shape index (κ2) is 8.34. The molecule has 1 atom stereocenters. The maximum atomic E-state index is 11.7. The average molecular weight is 259 g/mol. The number of amides is 1. The number of anilines is 1. The van der Waals surface area contributed by atoms with E-state index in [9.17, 15) is 4.79 Å². The van der Waals surface area contributed by atoms with E-state index in [-0.39, 0.29) is 12.5 Å². The number of aliphatic hydroxyl groups is 1. The summed E-state index contributed by atoms with van der Waals surface area (Å²) in [6, 6.07) is 7.42. The third-order valence-electron chi connectivity index (χ3n) is 2.87. The molecule has 0 aliphatic carbocycles. The molecule has 0 saturated carbocycles. The molecule has 1 aromatic carbocycles. The maximum absolute atomic E-state index is 11.7. The second-order valence-electron chi connectivity index (χ2n) is 4.62. The number of hydrogen-bond donors (Lipinski definition) is 2. The normalized spacial score (nSPS) is 11.3. The minimum Gasteiger partial charge on any atom is -0.395 e. The lowest BCUT2D eigenvalue weighted by atomic mass is 10.0. The van der Waals surface area contributed by atoms with Gasteiger partial charge in [0.25, 0.3) is 0 Å². The van der Waals surface area contributed by atoms with Crippen molar-refractivity contribution in [3.05, 3.63) is 29.8 Å². The SMILES string of the molecule is CCC(C)CC(=O)Nc1ccc(C#CCCO)cc1. The van der Waals surface area contributed by atoms with Crippen LogP contribution in [-0.2, 0) is 4.79 Å². The minimum atomic E-state index is 0.0495. The monoisotopic (exact) mass is 259 g/mol. The lowest BCUT2D eigenvalue weighted by molar-refractivity contribution is -0.117. The molecular formula is C16H21NO2. The van der Waals surface area contributed by atoms with E-state index in [1.807, 2.05) is 24.3 Å². The molecule has 0 radical (unpaired) electrons. The summed E-state index contributed by atoms with van der Waals surface area (Å²) in [5.74, 6) is 6.26. The second-order valence-corrected chi connectivity index (χ2v) is 4.62. The van der Waals surface area contributed by atoms with Crippen LogP contribution in [-0.4, -0.2) is 17.6 Å². The first-order valence-corrected chi connectivity index (χ1v) is 6.65. The molecule has 0 heterocycles. The third kappa shape index (κ3) is 6.08. The minimum absolute atomic E-state index is 0.0495. The summed E-state index contributed by atoms with van der Waals surface area (Å²) in [6.45, 7) is 4.23. The van der Waals surface area contributed by atoms with Crippen molar-refractivity contribution in [1.29, 1.82) is 0 Å². The Balaban J connectivity index is 2.53. The Morgan fingerprint density at radius 1 is 1.37 bits per heavy atom. The largest absolute Gasteiger partial charge is 0.395 e. The lowest BCUT2D eigenvalue weighted by Crippen LogP contribution is -2.14. The van der Waals surface area contributed by atoms with Gasteiger partial charge in [-0.15, -0.1) is 0 Å². The Labute approximate surface area is 115 Å². The van der Waals surface area contributed by atoms with Crippen LogP contribution in [0.2, 0.25) is 0 Å². The molecular weight excluding hydrogens is 238 g/mol. The summed E-state index contributed by atoms with van der Waals surface area (Å²) >= 11 is 0. The maximum Gasteiger partial charge on any atom is 0.224 e. The fraction of sp³-hybridized carbons (Fsp3) is 0.438. The van der Waals surface area contributed by atoms with Gasteiger partial charge in [-0.2, -0.15) is 0 Å². The average Bonchev–Trinajstić information content (AvgIpc) is 2.40. The molecule has 2 N–H and O–H groups in total. The van der Waals surface area contributed by atoms with Crippen LogP contribution in [0.1, 0.15) is 38.7 Å². The summed E-state index contributed by atoms with van der Waals surface area (Å²) in [6.07, 6.45) is 2.04. The fourth-order valence-electron chi connectivity index (χ4n) is 1.53. The van der Waals surface area contributed by atoms with Gasteiger partial charge in [-0.3, -0.25) is 4.79 Å². The molecule has 0 spiro atoms. The Morgan fingerprint density at radius 2 is 2.05 bits per heavy atom. The molecule has 0 bridgehead atoms. The number of carbonyl (C=O) groups is 1. The van der Waals surface area contributed by atoms with E-state index in [0.29, 0.717) is 18.8 Å². The van der Waals surface area contributed by atoms with Gasteiger partial charge < -0.3 is 10.4 Å². The van der Waals surface area contributed by atoms with Crippen LogP contribution in [0.5, 0.6) is 0 Å². The van der Waals surface area contributed by atoms with E-state index in [0.717, 1.165) is 17.7 Å². The fourth-order valence-corrected chi connectivity index (χ4v) is 1.53. The zero-order valence-corrected chi connectivity index (χ0v) is 11.6. The van der Waals surface area contributed by atoms with E-state index >= 15 is 0 Å². The number of carbonyl (C=O) groups excluding carboxylic acids is 1. The Kier molecular flexibility index (Phi) is 6.70. The van der Waals surface area contributed by atoms with Crippen LogP contribution in [0, 0.1) is 17.8 Å². The van der Waals surface area contributed by atoms with Gasteiger partial charge in [-0.1, -0.05) is 32.1 Å². The number of benzene rings is 1. The lowest BCUT2D eigenvalue weighted by Gasteiger charge is -2.09. The van der Waals surface area contributed by atoms with Crippen molar-refractivity contribution in [3.63, 3.8) is 0 Å². The van der Waals surface area contributed by atoms with Crippen molar-refractivity contribution in [2.24, 2.45) is 5.92 Å². The van der Waals surface area contributed by atoms with E-state index in [2.05, 4.69) is 31.0 Å². The predicted molar refractivity (Wildman–Crippen MR) is 77.7 cm³/mol. The van der Waals surface area contributed by atoms with Crippen molar-refractivity contribution in [3.8, 4) is 11.8 Å². The molecule has 3 heteroatoms. The molecule has 0 aromatic heterocycles. The van der Waals surface area contributed by atoms with Crippen LogP contribution < -0.4 is 5.32 Å². The van der Waals surface area contributed by atoms with E-state index < -0.39 is 0 Å². The highest BCUT2D eigenvalue weighted by molar-refractivity contribution is 5.90. The number of nitrogens with one attached hydrogen (secondary N) is 1. The van der Waals surface area contributed by atoms with Gasteiger partial charge in [0, 0.05) is 24.1 Å². The molecule has 0 saturated heterocycles. The first-order valence-electron chi connectivity index (χ1n) is 6.65. The van der Waals surface area contributed by atoms with Gasteiger partial charge in [-0.05, 0) is 30.2 Å². The van der Waals surface area contributed by atoms with Crippen molar-refractivity contribution < 1.29 is 9.90 Å². The predicted octanol–water partition coefficient (Wildman–Crippen LogP) is 2.80.